The Hall–Kier alpha value is -0.870. The van der Waals surface area contributed by atoms with E-state index >= 15 is 0 Å². The van der Waals surface area contributed by atoms with E-state index < -0.39 is 0 Å². The third kappa shape index (κ3) is 2.70. The first-order valence-corrected chi connectivity index (χ1v) is 7.48. The molecule has 0 spiro atoms. The van der Waals surface area contributed by atoms with Crippen LogP contribution in [0.5, 0.6) is 0 Å². The van der Waals surface area contributed by atoms with Gasteiger partial charge < -0.3 is 5.32 Å². The molecule has 0 amide bonds. The van der Waals surface area contributed by atoms with E-state index in [0.29, 0.717) is 18.1 Å². The lowest BCUT2D eigenvalue weighted by Gasteiger charge is -2.41. The smallest absolute Gasteiger partial charge is 0.0644 e. The molecule has 1 aliphatic heterocycles. The molecule has 1 aromatic rings. The zero-order valence-corrected chi connectivity index (χ0v) is 13.2. The van der Waals surface area contributed by atoms with Crippen LogP contribution in [0.1, 0.15) is 50.7 Å². The summed E-state index contributed by atoms with van der Waals surface area (Å²) in [5, 5.41) is 8.21. The zero-order valence-electron chi connectivity index (χ0n) is 13.2. The summed E-state index contributed by atoms with van der Waals surface area (Å²) < 4.78 is 2.12. The van der Waals surface area contributed by atoms with Crippen molar-refractivity contribution in [3.63, 3.8) is 0 Å². The van der Waals surface area contributed by atoms with Gasteiger partial charge in [-0.15, -0.1) is 0 Å². The summed E-state index contributed by atoms with van der Waals surface area (Å²) in [4.78, 5) is 2.61. The van der Waals surface area contributed by atoms with Crippen LogP contribution in [0.4, 0.5) is 0 Å². The predicted octanol–water partition coefficient (Wildman–Crippen LogP) is 2.26. The average Bonchev–Trinajstić information content (AvgIpc) is 2.66. The molecule has 0 saturated carbocycles. The van der Waals surface area contributed by atoms with Crippen molar-refractivity contribution in [2.45, 2.75) is 66.2 Å². The van der Waals surface area contributed by atoms with E-state index in [-0.39, 0.29) is 0 Å². The normalized spacial score (nSPS) is 26.6. The third-order valence-electron chi connectivity index (χ3n) is 4.46. The predicted molar refractivity (Wildman–Crippen MR) is 79.4 cm³/mol. The average molecular weight is 264 g/mol. The van der Waals surface area contributed by atoms with Gasteiger partial charge >= 0.3 is 0 Å². The number of hydrogen-bond donors (Lipinski definition) is 1. The van der Waals surface area contributed by atoms with E-state index in [1.54, 1.807) is 0 Å². The van der Waals surface area contributed by atoms with Crippen LogP contribution in [-0.4, -0.2) is 39.9 Å². The second-order valence-corrected chi connectivity index (χ2v) is 5.93. The van der Waals surface area contributed by atoms with Crippen LogP contribution in [0.15, 0.2) is 0 Å². The van der Waals surface area contributed by atoms with Crippen LogP contribution < -0.4 is 5.32 Å². The first-order chi connectivity index (χ1) is 8.95. The Balaban J connectivity index is 2.28. The van der Waals surface area contributed by atoms with E-state index in [1.165, 1.54) is 17.0 Å². The molecule has 1 saturated heterocycles. The molecule has 4 nitrogen and oxygen atoms in total. The summed E-state index contributed by atoms with van der Waals surface area (Å²) in [5.74, 6) is 0. The van der Waals surface area contributed by atoms with Crippen LogP contribution in [0.25, 0.3) is 0 Å². The molecule has 3 atom stereocenters. The Labute approximate surface area is 117 Å². The minimum atomic E-state index is 0.444. The second-order valence-electron chi connectivity index (χ2n) is 5.93. The number of rotatable bonds is 3. The van der Waals surface area contributed by atoms with Crippen molar-refractivity contribution < 1.29 is 0 Å². The molecule has 0 radical (unpaired) electrons. The number of hydrogen-bond acceptors (Lipinski definition) is 3. The SMILES string of the molecule is CCn1nc(C)c(C(C)N2CC(C)NCC2C)c1C. The van der Waals surface area contributed by atoms with Gasteiger partial charge in [-0.05, 0) is 41.5 Å². The minimum Gasteiger partial charge on any atom is -0.311 e. The summed E-state index contributed by atoms with van der Waals surface area (Å²) in [6.07, 6.45) is 0. The van der Waals surface area contributed by atoms with Crippen molar-refractivity contribution >= 4 is 0 Å². The van der Waals surface area contributed by atoms with Gasteiger partial charge in [0.25, 0.3) is 0 Å². The first-order valence-electron chi connectivity index (χ1n) is 7.48. The highest BCUT2D eigenvalue weighted by Gasteiger charge is 2.30. The van der Waals surface area contributed by atoms with Crippen molar-refractivity contribution in [1.29, 1.82) is 0 Å². The standard InChI is InChI=1S/C15H28N4/c1-7-19-14(6)15(12(4)17-19)13(5)18-9-10(2)16-8-11(18)3/h10-11,13,16H,7-9H2,1-6H3. The molecule has 4 heteroatoms. The second kappa shape index (κ2) is 5.63. The van der Waals surface area contributed by atoms with E-state index in [2.05, 4.69) is 61.5 Å². The Kier molecular flexibility index (Phi) is 4.31. The summed E-state index contributed by atoms with van der Waals surface area (Å²) in [7, 11) is 0. The molecule has 1 N–H and O–H groups in total. The molecule has 2 rings (SSSR count). The molecule has 108 valence electrons. The van der Waals surface area contributed by atoms with Gasteiger partial charge in [0.1, 0.15) is 0 Å². The van der Waals surface area contributed by atoms with Gasteiger partial charge in [0.2, 0.25) is 0 Å². The molecule has 3 unspecified atom stereocenters. The van der Waals surface area contributed by atoms with Gasteiger partial charge in [0.15, 0.2) is 0 Å². The summed E-state index contributed by atoms with van der Waals surface area (Å²) >= 11 is 0. The molecule has 0 bridgehead atoms. The maximum Gasteiger partial charge on any atom is 0.0644 e. The molecule has 1 aliphatic rings. The van der Waals surface area contributed by atoms with E-state index in [4.69, 9.17) is 0 Å². The Morgan fingerprint density at radius 1 is 1.37 bits per heavy atom. The third-order valence-corrected chi connectivity index (χ3v) is 4.46. The molecule has 1 aromatic heterocycles. The van der Waals surface area contributed by atoms with Crippen molar-refractivity contribution in [1.82, 2.24) is 20.0 Å². The van der Waals surface area contributed by atoms with Crippen molar-refractivity contribution in [2.75, 3.05) is 13.1 Å². The van der Waals surface area contributed by atoms with Crippen LogP contribution in [-0.2, 0) is 6.54 Å². The topological polar surface area (TPSA) is 33.1 Å². The number of aromatic nitrogens is 2. The van der Waals surface area contributed by atoms with Gasteiger partial charge in [0.05, 0.1) is 5.69 Å². The molecule has 0 aromatic carbocycles. The van der Waals surface area contributed by atoms with E-state index in [1.807, 2.05) is 0 Å². The molecular formula is C15H28N4. The van der Waals surface area contributed by atoms with Crippen molar-refractivity contribution in [3.05, 3.63) is 17.0 Å². The maximum atomic E-state index is 4.66. The lowest BCUT2D eigenvalue weighted by atomic mass is 10.0. The molecule has 0 aliphatic carbocycles. The van der Waals surface area contributed by atoms with Crippen molar-refractivity contribution in [3.8, 4) is 0 Å². The Bertz CT molecular complexity index is 438. The van der Waals surface area contributed by atoms with Crippen LogP contribution >= 0.6 is 0 Å². The van der Waals surface area contributed by atoms with E-state index in [0.717, 1.165) is 19.6 Å². The number of nitrogens with zero attached hydrogens (tertiary/aromatic N) is 3. The largest absolute Gasteiger partial charge is 0.311 e. The maximum absolute atomic E-state index is 4.66. The molecular weight excluding hydrogens is 236 g/mol. The van der Waals surface area contributed by atoms with Gasteiger partial charge in [-0.3, -0.25) is 9.58 Å². The fourth-order valence-corrected chi connectivity index (χ4v) is 3.38. The zero-order chi connectivity index (χ0) is 14.2. The quantitative estimate of drug-likeness (QED) is 0.909. The minimum absolute atomic E-state index is 0.444. The van der Waals surface area contributed by atoms with E-state index in [9.17, 15) is 0 Å². The van der Waals surface area contributed by atoms with Gasteiger partial charge in [-0.1, -0.05) is 0 Å². The Morgan fingerprint density at radius 3 is 2.63 bits per heavy atom. The van der Waals surface area contributed by atoms with Crippen LogP contribution in [0.3, 0.4) is 0 Å². The fourth-order valence-electron chi connectivity index (χ4n) is 3.38. The highest BCUT2D eigenvalue weighted by atomic mass is 15.3. The van der Waals surface area contributed by atoms with Crippen molar-refractivity contribution in [2.24, 2.45) is 0 Å². The molecule has 19 heavy (non-hydrogen) atoms. The van der Waals surface area contributed by atoms with Crippen LogP contribution in [0.2, 0.25) is 0 Å². The lowest BCUT2D eigenvalue weighted by molar-refractivity contribution is 0.103. The monoisotopic (exact) mass is 264 g/mol. The lowest BCUT2D eigenvalue weighted by Crippen LogP contribution is -2.54. The Morgan fingerprint density at radius 2 is 2.05 bits per heavy atom. The summed E-state index contributed by atoms with van der Waals surface area (Å²) in [6.45, 7) is 16.5. The highest BCUT2D eigenvalue weighted by molar-refractivity contribution is 5.28. The summed E-state index contributed by atoms with van der Waals surface area (Å²) in [5.41, 5.74) is 3.93. The number of piperazine rings is 1. The molecule has 1 fully saturated rings. The molecule has 2 heterocycles. The van der Waals surface area contributed by atoms with Gasteiger partial charge in [-0.25, -0.2) is 0 Å². The van der Waals surface area contributed by atoms with Crippen LogP contribution in [0, 0.1) is 13.8 Å². The van der Waals surface area contributed by atoms with Gasteiger partial charge in [0, 0.05) is 49.0 Å². The fraction of sp³-hybridized carbons (Fsp3) is 0.800. The number of nitrogens with one attached hydrogen (secondary N) is 1. The highest BCUT2D eigenvalue weighted by Crippen LogP contribution is 2.29. The number of aryl methyl sites for hydroxylation is 2. The van der Waals surface area contributed by atoms with Gasteiger partial charge in [-0.2, -0.15) is 5.10 Å². The summed E-state index contributed by atoms with van der Waals surface area (Å²) in [6, 6.07) is 1.59. The first kappa shape index (κ1) is 14.5.